The fraction of sp³-hybridized carbons (Fsp3) is 0.267. The molecule has 3 heteroatoms. The van der Waals surface area contributed by atoms with Gasteiger partial charge in [-0.2, -0.15) is 0 Å². The molecule has 1 N–H and O–H groups in total. The highest BCUT2D eigenvalue weighted by Gasteiger charge is 2.19. The summed E-state index contributed by atoms with van der Waals surface area (Å²) in [5, 5.41) is 4.72. The van der Waals surface area contributed by atoms with Crippen molar-refractivity contribution < 1.29 is 4.79 Å². The van der Waals surface area contributed by atoms with Gasteiger partial charge < -0.3 is 5.32 Å². The number of rotatable bonds is 4. The Hall–Kier alpha value is -1.48. The van der Waals surface area contributed by atoms with E-state index in [-0.39, 0.29) is 11.3 Å². The summed E-state index contributed by atoms with van der Waals surface area (Å²) in [4.78, 5) is 12.7. The molecule has 18 heavy (non-hydrogen) atoms. The smallest absolute Gasteiger partial charge is 0.229 e. The van der Waals surface area contributed by atoms with Crippen molar-refractivity contribution in [2.24, 2.45) is 5.41 Å². The first-order valence-electron chi connectivity index (χ1n) is 5.84. The Morgan fingerprint density at radius 1 is 1.17 bits per heavy atom. The molecule has 0 aliphatic heterocycles. The van der Waals surface area contributed by atoms with Gasteiger partial charge in [0.05, 0.1) is 0 Å². The van der Waals surface area contributed by atoms with E-state index in [2.05, 4.69) is 17.4 Å². The van der Waals surface area contributed by atoms with Gasteiger partial charge in [-0.05, 0) is 23.6 Å². The first-order valence-corrected chi connectivity index (χ1v) is 6.72. The summed E-state index contributed by atoms with van der Waals surface area (Å²) in [5.74, 6) is 0.0165. The molecule has 0 atom stereocenters. The predicted molar refractivity (Wildman–Crippen MR) is 78.2 cm³/mol. The molecule has 1 aromatic rings. The molecule has 0 saturated heterocycles. The second-order valence-electron chi connectivity index (χ2n) is 4.84. The molecule has 0 unspecified atom stereocenters. The molecule has 0 fully saturated rings. The van der Waals surface area contributed by atoms with Gasteiger partial charge in [-0.3, -0.25) is 4.79 Å². The highest BCUT2D eigenvalue weighted by Crippen LogP contribution is 2.17. The minimum Gasteiger partial charge on any atom is -0.332 e. The quantitative estimate of drug-likeness (QED) is 0.656. The lowest BCUT2D eigenvalue weighted by Crippen LogP contribution is -2.31. The van der Waals surface area contributed by atoms with E-state index in [4.69, 9.17) is 0 Å². The van der Waals surface area contributed by atoms with E-state index in [1.165, 1.54) is 4.90 Å². The Kier molecular flexibility index (Phi) is 5.72. The van der Waals surface area contributed by atoms with E-state index in [1.54, 1.807) is 18.0 Å². The van der Waals surface area contributed by atoms with Crippen LogP contribution in [0.15, 0.2) is 59.0 Å². The summed E-state index contributed by atoms with van der Waals surface area (Å²) in [6.07, 6.45) is 5.38. The summed E-state index contributed by atoms with van der Waals surface area (Å²) in [6, 6.07) is 10.1. The highest BCUT2D eigenvalue weighted by atomic mass is 32.2. The topological polar surface area (TPSA) is 29.1 Å². The average Bonchev–Trinajstić information content (AvgIpc) is 2.33. The second kappa shape index (κ2) is 7.07. The first kappa shape index (κ1) is 14.6. The van der Waals surface area contributed by atoms with E-state index in [9.17, 15) is 4.79 Å². The Labute approximate surface area is 113 Å². The van der Waals surface area contributed by atoms with Crippen LogP contribution in [0, 0.1) is 5.41 Å². The van der Waals surface area contributed by atoms with Gasteiger partial charge >= 0.3 is 0 Å². The van der Waals surface area contributed by atoms with Crippen molar-refractivity contribution in [3.63, 3.8) is 0 Å². The van der Waals surface area contributed by atoms with Crippen LogP contribution in [0.1, 0.15) is 20.8 Å². The van der Waals surface area contributed by atoms with Crippen LogP contribution in [0.3, 0.4) is 0 Å². The van der Waals surface area contributed by atoms with Crippen LogP contribution < -0.4 is 5.32 Å². The molecule has 1 aromatic carbocycles. The molecule has 0 aliphatic rings. The molecule has 1 rings (SSSR count). The van der Waals surface area contributed by atoms with E-state index in [0.717, 1.165) is 0 Å². The van der Waals surface area contributed by atoms with Crippen molar-refractivity contribution in [1.29, 1.82) is 0 Å². The Bertz CT molecular complexity index is 430. The Morgan fingerprint density at radius 2 is 1.83 bits per heavy atom. The number of benzene rings is 1. The summed E-state index contributed by atoms with van der Waals surface area (Å²) >= 11 is 1.64. The van der Waals surface area contributed by atoms with Gasteiger partial charge in [0.2, 0.25) is 5.91 Å². The molecule has 0 saturated carbocycles. The molecule has 0 spiro atoms. The number of carbonyl (C=O) groups is 1. The number of hydrogen-bond acceptors (Lipinski definition) is 2. The fourth-order valence-electron chi connectivity index (χ4n) is 1.06. The van der Waals surface area contributed by atoms with Crippen molar-refractivity contribution >= 4 is 17.7 Å². The fourth-order valence-corrected chi connectivity index (χ4v) is 1.70. The predicted octanol–water partition coefficient (Wildman–Crippen LogP) is 3.97. The second-order valence-corrected chi connectivity index (χ2v) is 5.82. The molecule has 2 nitrogen and oxygen atoms in total. The zero-order valence-corrected chi connectivity index (χ0v) is 11.8. The number of nitrogens with one attached hydrogen (secondary N) is 1. The number of allylic oxidation sites excluding steroid dienone is 2. The van der Waals surface area contributed by atoms with Crippen LogP contribution in [0.4, 0.5) is 0 Å². The summed E-state index contributed by atoms with van der Waals surface area (Å²) in [6.45, 7) is 5.66. The third-order valence-electron chi connectivity index (χ3n) is 2.13. The third kappa shape index (κ3) is 5.73. The van der Waals surface area contributed by atoms with Crippen molar-refractivity contribution in [3.05, 3.63) is 54.1 Å². The standard InChI is InChI=1S/C15H19NOS/c1-15(2,3)14(17)16-11-7-8-12-18-13-9-5-4-6-10-13/h4-12H,1-3H3,(H,16,17)/b11-7+,12-8+. The van der Waals surface area contributed by atoms with Gasteiger partial charge in [-0.25, -0.2) is 0 Å². The largest absolute Gasteiger partial charge is 0.332 e. The summed E-state index contributed by atoms with van der Waals surface area (Å²) in [7, 11) is 0. The van der Waals surface area contributed by atoms with Crippen LogP contribution in [0.25, 0.3) is 0 Å². The van der Waals surface area contributed by atoms with Crippen molar-refractivity contribution in [2.75, 3.05) is 0 Å². The molecule has 96 valence electrons. The molecule has 0 radical (unpaired) electrons. The minimum atomic E-state index is -0.354. The van der Waals surface area contributed by atoms with Gasteiger partial charge in [-0.15, -0.1) is 0 Å². The molecular formula is C15H19NOS. The third-order valence-corrected chi connectivity index (χ3v) is 2.97. The Balaban J connectivity index is 2.31. The van der Waals surface area contributed by atoms with Gasteiger partial charge in [0.15, 0.2) is 0 Å². The van der Waals surface area contributed by atoms with Crippen molar-refractivity contribution in [3.8, 4) is 0 Å². The Morgan fingerprint density at radius 3 is 2.44 bits per heavy atom. The molecular weight excluding hydrogens is 242 g/mol. The van der Waals surface area contributed by atoms with Crippen LogP contribution in [0.2, 0.25) is 0 Å². The average molecular weight is 261 g/mol. The van der Waals surface area contributed by atoms with Gasteiger partial charge in [-0.1, -0.05) is 56.8 Å². The van der Waals surface area contributed by atoms with E-state index >= 15 is 0 Å². The SMILES string of the molecule is CC(C)(C)C(=O)N/C=C/C=C/Sc1ccccc1. The molecule has 0 aliphatic carbocycles. The zero-order valence-electron chi connectivity index (χ0n) is 11.0. The molecule has 0 aromatic heterocycles. The lowest BCUT2D eigenvalue weighted by atomic mass is 9.96. The first-order chi connectivity index (χ1) is 8.50. The van der Waals surface area contributed by atoms with Crippen molar-refractivity contribution in [2.45, 2.75) is 25.7 Å². The maximum atomic E-state index is 11.5. The van der Waals surface area contributed by atoms with E-state index in [1.807, 2.05) is 56.5 Å². The van der Waals surface area contributed by atoms with Crippen LogP contribution in [-0.2, 0) is 4.79 Å². The molecule has 0 bridgehead atoms. The number of amides is 1. The van der Waals surface area contributed by atoms with Crippen molar-refractivity contribution in [1.82, 2.24) is 5.32 Å². The van der Waals surface area contributed by atoms with Crippen LogP contribution >= 0.6 is 11.8 Å². The van der Waals surface area contributed by atoms with Crippen LogP contribution in [-0.4, -0.2) is 5.91 Å². The minimum absolute atomic E-state index is 0.0165. The molecule has 1 amide bonds. The molecule has 0 heterocycles. The van der Waals surface area contributed by atoms with Crippen LogP contribution in [0.5, 0.6) is 0 Å². The lowest BCUT2D eigenvalue weighted by molar-refractivity contribution is -0.127. The normalized spacial score (nSPS) is 12.2. The van der Waals surface area contributed by atoms with Gasteiger partial charge in [0.25, 0.3) is 0 Å². The number of hydrogen-bond donors (Lipinski definition) is 1. The number of thioether (sulfide) groups is 1. The zero-order chi connectivity index (χ0) is 13.4. The monoisotopic (exact) mass is 261 g/mol. The maximum Gasteiger partial charge on any atom is 0.229 e. The van der Waals surface area contributed by atoms with Gasteiger partial charge in [0, 0.05) is 16.5 Å². The summed E-state index contributed by atoms with van der Waals surface area (Å²) in [5.41, 5.74) is -0.354. The maximum absolute atomic E-state index is 11.5. The highest BCUT2D eigenvalue weighted by molar-refractivity contribution is 8.02. The van der Waals surface area contributed by atoms with E-state index < -0.39 is 0 Å². The lowest BCUT2D eigenvalue weighted by Gasteiger charge is -2.15. The number of carbonyl (C=O) groups excluding carboxylic acids is 1. The van der Waals surface area contributed by atoms with E-state index in [0.29, 0.717) is 0 Å². The van der Waals surface area contributed by atoms with Gasteiger partial charge in [0.1, 0.15) is 0 Å². The summed E-state index contributed by atoms with van der Waals surface area (Å²) < 4.78 is 0.